The van der Waals surface area contributed by atoms with Gasteiger partial charge in [-0.05, 0) is 40.0 Å². The first kappa shape index (κ1) is 15.0. The van der Waals surface area contributed by atoms with Crippen molar-refractivity contribution >= 4 is 11.9 Å². The average molecular weight is 255 g/mol. The number of nitrogens with zero attached hydrogens (tertiary/aromatic N) is 1. The second kappa shape index (κ2) is 6.21. The van der Waals surface area contributed by atoms with Crippen molar-refractivity contribution in [1.82, 2.24) is 4.90 Å². The summed E-state index contributed by atoms with van der Waals surface area (Å²) in [5.74, 6) is 0.663. The molecule has 0 N–H and O–H groups in total. The van der Waals surface area contributed by atoms with Gasteiger partial charge in [0.25, 0.3) is 0 Å². The number of amides is 1. The normalized spacial score (nSPS) is 16.0. The lowest BCUT2D eigenvalue weighted by Crippen LogP contribution is -2.35. The molecule has 0 saturated heterocycles. The van der Waals surface area contributed by atoms with Crippen LogP contribution in [0.3, 0.4) is 0 Å². The molecule has 1 aliphatic rings. The number of carbonyl (C=O) groups excluding carboxylic acids is 2. The van der Waals surface area contributed by atoms with Crippen molar-refractivity contribution in [3.8, 4) is 0 Å². The van der Waals surface area contributed by atoms with E-state index in [0.29, 0.717) is 24.7 Å². The molecule has 0 aliphatic heterocycles. The molecule has 18 heavy (non-hydrogen) atoms. The summed E-state index contributed by atoms with van der Waals surface area (Å²) in [6.45, 7) is 6.12. The van der Waals surface area contributed by atoms with Crippen LogP contribution in [0.4, 0.5) is 4.79 Å². The highest BCUT2D eigenvalue weighted by Gasteiger charge is 2.25. The van der Waals surface area contributed by atoms with Crippen LogP contribution in [0.2, 0.25) is 0 Å². The van der Waals surface area contributed by atoms with Gasteiger partial charge in [0.2, 0.25) is 0 Å². The van der Waals surface area contributed by atoms with Crippen LogP contribution in [-0.4, -0.2) is 36.0 Å². The summed E-state index contributed by atoms with van der Waals surface area (Å²) in [5, 5.41) is 0. The zero-order valence-corrected chi connectivity index (χ0v) is 12.0. The fourth-order valence-electron chi connectivity index (χ4n) is 1.86. The summed E-state index contributed by atoms with van der Waals surface area (Å²) in [4.78, 5) is 24.9. The third kappa shape index (κ3) is 5.07. The van der Waals surface area contributed by atoms with Gasteiger partial charge in [-0.2, -0.15) is 0 Å². The van der Waals surface area contributed by atoms with E-state index in [1.165, 1.54) is 6.42 Å². The van der Waals surface area contributed by atoms with Crippen LogP contribution in [0.25, 0.3) is 0 Å². The number of ether oxygens (including phenoxy) is 1. The molecule has 1 rings (SSSR count). The maximum Gasteiger partial charge on any atom is 0.410 e. The molecule has 0 radical (unpaired) electrons. The van der Waals surface area contributed by atoms with Crippen molar-refractivity contribution in [1.29, 1.82) is 0 Å². The van der Waals surface area contributed by atoms with Crippen molar-refractivity contribution in [2.75, 3.05) is 13.6 Å². The van der Waals surface area contributed by atoms with Crippen molar-refractivity contribution in [3.05, 3.63) is 0 Å². The summed E-state index contributed by atoms with van der Waals surface area (Å²) in [7, 11) is 1.71. The Morgan fingerprint density at radius 1 is 1.28 bits per heavy atom. The maximum absolute atomic E-state index is 11.7. The second-order valence-corrected chi connectivity index (χ2v) is 6.10. The predicted octanol–water partition coefficient (Wildman–Crippen LogP) is 3.00. The third-order valence-electron chi connectivity index (χ3n) is 3.18. The van der Waals surface area contributed by atoms with Crippen LogP contribution in [0, 0.1) is 5.92 Å². The van der Waals surface area contributed by atoms with Crippen LogP contribution < -0.4 is 0 Å². The SMILES string of the molecule is CN(CCCC(=O)C1CCC1)C(=O)OC(C)(C)C. The molecule has 0 aromatic heterocycles. The van der Waals surface area contributed by atoms with E-state index < -0.39 is 5.60 Å². The van der Waals surface area contributed by atoms with E-state index in [9.17, 15) is 9.59 Å². The Kier molecular flexibility index (Phi) is 5.17. The van der Waals surface area contributed by atoms with Gasteiger partial charge in [-0.15, -0.1) is 0 Å². The van der Waals surface area contributed by atoms with E-state index in [2.05, 4.69) is 0 Å². The molecule has 0 aromatic rings. The Labute approximate surface area is 110 Å². The molecule has 104 valence electrons. The molecular weight excluding hydrogens is 230 g/mol. The molecule has 0 spiro atoms. The highest BCUT2D eigenvalue weighted by Crippen LogP contribution is 2.28. The lowest BCUT2D eigenvalue weighted by Gasteiger charge is -2.26. The molecule has 4 heteroatoms. The number of hydrogen-bond acceptors (Lipinski definition) is 3. The molecule has 4 nitrogen and oxygen atoms in total. The number of rotatable bonds is 5. The van der Waals surface area contributed by atoms with Crippen LogP contribution in [0.15, 0.2) is 0 Å². The first-order chi connectivity index (χ1) is 8.29. The monoisotopic (exact) mass is 255 g/mol. The molecule has 0 heterocycles. The third-order valence-corrected chi connectivity index (χ3v) is 3.18. The van der Waals surface area contributed by atoms with Crippen LogP contribution in [-0.2, 0) is 9.53 Å². The van der Waals surface area contributed by atoms with E-state index in [1.807, 2.05) is 20.8 Å². The lowest BCUT2D eigenvalue weighted by atomic mass is 9.81. The van der Waals surface area contributed by atoms with Crippen LogP contribution in [0.1, 0.15) is 52.9 Å². The van der Waals surface area contributed by atoms with Crippen LogP contribution in [0.5, 0.6) is 0 Å². The molecule has 1 amide bonds. The summed E-state index contributed by atoms with van der Waals surface area (Å²) in [6, 6.07) is 0. The Bertz CT molecular complexity index is 303. The molecule has 0 atom stereocenters. The largest absolute Gasteiger partial charge is 0.444 e. The maximum atomic E-state index is 11.7. The minimum Gasteiger partial charge on any atom is -0.444 e. The Hall–Kier alpha value is -1.06. The van der Waals surface area contributed by atoms with Crippen molar-refractivity contribution in [3.63, 3.8) is 0 Å². The van der Waals surface area contributed by atoms with Crippen molar-refractivity contribution in [2.45, 2.75) is 58.5 Å². The zero-order valence-electron chi connectivity index (χ0n) is 12.0. The summed E-state index contributed by atoms with van der Waals surface area (Å²) in [6.07, 6.45) is 4.29. The predicted molar refractivity (Wildman–Crippen MR) is 70.4 cm³/mol. The fourth-order valence-corrected chi connectivity index (χ4v) is 1.86. The van der Waals surface area contributed by atoms with Gasteiger partial charge < -0.3 is 9.64 Å². The van der Waals surface area contributed by atoms with Crippen molar-refractivity contribution < 1.29 is 14.3 Å². The minimum atomic E-state index is -0.465. The van der Waals surface area contributed by atoms with Gasteiger partial charge >= 0.3 is 6.09 Å². The highest BCUT2D eigenvalue weighted by molar-refractivity contribution is 5.81. The molecule has 0 bridgehead atoms. The van der Waals surface area contributed by atoms with E-state index >= 15 is 0 Å². The molecule has 1 fully saturated rings. The number of hydrogen-bond donors (Lipinski definition) is 0. The summed E-state index contributed by atoms with van der Waals surface area (Å²) >= 11 is 0. The molecule has 0 unspecified atom stereocenters. The van der Waals surface area contributed by atoms with Gasteiger partial charge in [-0.3, -0.25) is 4.79 Å². The Morgan fingerprint density at radius 3 is 2.33 bits per heavy atom. The minimum absolute atomic E-state index is 0.303. The average Bonchev–Trinajstić information content (AvgIpc) is 2.11. The van der Waals surface area contributed by atoms with Gasteiger partial charge in [0.1, 0.15) is 11.4 Å². The van der Waals surface area contributed by atoms with E-state index in [-0.39, 0.29) is 6.09 Å². The first-order valence-corrected chi connectivity index (χ1v) is 6.76. The van der Waals surface area contributed by atoms with Gasteiger partial charge in [-0.1, -0.05) is 6.42 Å². The van der Waals surface area contributed by atoms with Crippen molar-refractivity contribution in [2.24, 2.45) is 5.92 Å². The number of ketones is 1. The lowest BCUT2D eigenvalue weighted by molar-refractivity contribution is -0.125. The standard InChI is InChI=1S/C14H25NO3/c1-14(2,3)18-13(17)15(4)10-6-9-12(16)11-7-5-8-11/h11H,5-10H2,1-4H3. The topological polar surface area (TPSA) is 46.6 Å². The van der Waals surface area contributed by atoms with E-state index in [4.69, 9.17) is 4.74 Å². The summed E-state index contributed by atoms with van der Waals surface area (Å²) in [5.41, 5.74) is -0.465. The highest BCUT2D eigenvalue weighted by atomic mass is 16.6. The van der Waals surface area contributed by atoms with E-state index in [0.717, 1.165) is 19.3 Å². The fraction of sp³-hybridized carbons (Fsp3) is 0.857. The molecule has 1 aliphatic carbocycles. The first-order valence-electron chi connectivity index (χ1n) is 6.76. The molecular formula is C14H25NO3. The van der Waals surface area contributed by atoms with E-state index in [1.54, 1.807) is 11.9 Å². The zero-order chi connectivity index (χ0) is 13.8. The second-order valence-electron chi connectivity index (χ2n) is 6.10. The Balaban J connectivity index is 2.17. The Morgan fingerprint density at radius 2 is 1.89 bits per heavy atom. The van der Waals surface area contributed by atoms with Gasteiger partial charge in [0, 0.05) is 25.9 Å². The summed E-state index contributed by atoms with van der Waals surface area (Å²) < 4.78 is 5.24. The quantitative estimate of drug-likeness (QED) is 0.758. The van der Waals surface area contributed by atoms with Gasteiger partial charge in [-0.25, -0.2) is 4.79 Å². The number of carbonyl (C=O) groups is 2. The van der Waals surface area contributed by atoms with Gasteiger partial charge in [0.15, 0.2) is 0 Å². The number of Topliss-reactive ketones (excluding diaryl/α,β-unsaturated/α-hetero) is 1. The van der Waals surface area contributed by atoms with Crippen LogP contribution >= 0.6 is 0 Å². The molecule has 1 saturated carbocycles. The van der Waals surface area contributed by atoms with Gasteiger partial charge in [0.05, 0.1) is 0 Å². The molecule has 0 aromatic carbocycles. The smallest absolute Gasteiger partial charge is 0.410 e.